The van der Waals surface area contributed by atoms with Gasteiger partial charge in [-0.3, -0.25) is 4.79 Å². The number of nitrogens with one attached hydrogen (secondary N) is 1. The van der Waals surface area contributed by atoms with E-state index in [9.17, 15) is 13.6 Å². The number of carbonyl (C=O) groups is 1. The smallest absolute Gasteiger partial charge is 0.251 e. The lowest BCUT2D eigenvalue weighted by Crippen LogP contribution is -2.40. The minimum absolute atomic E-state index is 0.148. The molecule has 0 aliphatic heterocycles. The Morgan fingerprint density at radius 1 is 1.09 bits per heavy atom. The zero-order chi connectivity index (χ0) is 15.6. The Morgan fingerprint density at radius 3 is 2.27 bits per heavy atom. The van der Waals surface area contributed by atoms with Crippen LogP contribution in [0.15, 0.2) is 48.8 Å². The van der Waals surface area contributed by atoms with Gasteiger partial charge in [-0.2, -0.15) is 0 Å². The molecule has 1 fully saturated rings. The van der Waals surface area contributed by atoms with Gasteiger partial charge in [-0.05, 0) is 49.2 Å². The number of alkyl halides is 2. The van der Waals surface area contributed by atoms with Crippen LogP contribution < -0.4 is 5.32 Å². The van der Waals surface area contributed by atoms with Gasteiger partial charge in [0, 0.05) is 42.5 Å². The van der Waals surface area contributed by atoms with Gasteiger partial charge in [-0.1, -0.05) is 0 Å². The predicted molar refractivity (Wildman–Crippen MR) is 80.4 cm³/mol. The summed E-state index contributed by atoms with van der Waals surface area (Å²) in [6.07, 6.45) is 4.23. The van der Waals surface area contributed by atoms with E-state index in [1.807, 2.05) is 41.2 Å². The van der Waals surface area contributed by atoms with E-state index in [1.165, 1.54) is 0 Å². The fraction of sp³-hybridized carbons (Fsp3) is 0.353. The van der Waals surface area contributed by atoms with Crippen LogP contribution in [0.25, 0.3) is 5.69 Å². The average molecular weight is 304 g/mol. The summed E-state index contributed by atoms with van der Waals surface area (Å²) in [5, 5.41) is 2.85. The monoisotopic (exact) mass is 304 g/mol. The van der Waals surface area contributed by atoms with Crippen LogP contribution in [-0.2, 0) is 0 Å². The molecule has 1 saturated carbocycles. The normalized spacial score (nSPS) is 18.1. The molecule has 0 radical (unpaired) electrons. The first-order valence-corrected chi connectivity index (χ1v) is 7.46. The Morgan fingerprint density at radius 2 is 1.68 bits per heavy atom. The summed E-state index contributed by atoms with van der Waals surface area (Å²) in [4.78, 5) is 12.2. The highest BCUT2D eigenvalue weighted by molar-refractivity contribution is 5.94. The van der Waals surface area contributed by atoms with Crippen molar-refractivity contribution >= 4 is 5.91 Å². The third-order valence-electron chi connectivity index (χ3n) is 4.08. The molecule has 5 heteroatoms. The predicted octanol–water partition coefficient (Wildman–Crippen LogP) is 3.79. The summed E-state index contributed by atoms with van der Waals surface area (Å²) in [7, 11) is 0. The molecule has 1 aliphatic rings. The van der Waals surface area contributed by atoms with Gasteiger partial charge in [0.1, 0.15) is 0 Å². The third kappa shape index (κ3) is 3.35. The van der Waals surface area contributed by atoms with Crippen molar-refractivity contribution in [3.63, 3.8) is 0 Å². The van der Waals surface area contributed by atoms with Crippen LogP contribution in [0.2, 0.25) is 0 Å². The van der Waals surface area contributed by atoms with Crippen LogP contribution >= 0.6 is 0 Å². The van der Waals surface area contributed by atoms with Crippen LogP contribution in [0.4, 0.5) is 8.78 Å². The van der Waals surface area contributed by atoms with Crippen LogP contribution in [0.1, 0.15) is 36.0 Å². The molecule has 3 nitrogen and oxygen atoms in total. The second kappa shape index (κ2) is 5.91. The highest BCUT2D eigenvalue weighted by Crippen LogP contribution is 2.33. The fourth-order valence-corrected chi connectivity index (χ4v) is 2.74. The summed E-state index contributed by atoms with van der Waals surface area (Å²) < 4.78 is 28.2. The quantitative estimate of drug-likeness (QED) is 0.920. The number of hydrogen-bond acceptors (Lipinski definition) is 1. The summed E-state index contributed by atoms with van der Waals surface area (Å²) >= 11 is 0. The molecule has 1 aromatic heterocycles. The van der Waals surface area contributed by atoms with Crippen molar-refractivity contribution in [3.8, 4) is 5.69 Å². The molecule has 0 spiro atoms. The summed E-state index contributed by atoms with van der Waals surface area (Å²) in [6, 6.07) is 10.9. The number of amides is 1. The Balaban J connectivity index is 1.61. The van der Waals surface area contributed by atoms with Gasteiger partial charge < -0.3 is 9.88 Å². The molecular formula is C17H18F2N2O. The number of carbonyl (C=O) groups excluding carboxylic acids is 1. The second-order valence-corrected chi connectivity index (χ2v) is 5.74. The second-order valence-electron chi connectivity index (χ2n) is 5.74. The number of nitrogens with zero attached hydrogens (tertiary/aromatic N) is 1. The van der Waals surface area contributed by atoms with Crippen molar-refractivity contribution < 1.29 is 13.6 Å². The zero-order valence-corrected chi connectivity index (χ0v) is 12.1. The third-order valence-corrected chi connectivity index (χ3v) is 4.08. The van der Waals surface area contributed by atoms with E-state index in [4.69, 9.17) is 0 Å². The molecular weight excluding hydrogens is 286 g/mol. The van der Waals surface area contributed by atoms with E-state index in [-0.39, 0.29) is 24.8 Å². The number of halogens is 2. The van der Waals surface area contributed by atoms with Crippen molar-refractivity contribution in [1.29, 1.82) is 0 Å². The van der Waals surface area contributed by atoms with E-state index in [2.05, 4.69) is 5.32 Å². The molecule has 0 atom stereocenters. The van der Waals surface area contributed by atoms with Gasteiger partial charge in [0.25, 0.3) is 5.91 Å². The van der Waals surface area contributed by atoms with Crippen molar-refractivity contribution in [2.75, 3.05) is 0 Å². The Labute approximate surface area is 127 Å². The minimum Gasteiger partial charge on any atom is -0.349 e. The Kier molecular flexibility index (Phi) is 3.96. The van der Waals surface area contributed by atoms with Gasteiger partial charge in [-0.15, -0.1) is 0 Å². The molecule has 0 bridgehead atoms. The highest BCUT2D eigenvalue weighted by atomic mass is 19.3. The van der Waals surface area contributed by atoms with Gasteiger partial charge in [0.05, 0.1) is 0 Å². The van der Waals surface area contributed by atoms with E-state index >= 15 is 0 Å². The first-order chi connectivity index (χ1) is 10.5. The average Bonchev–Trinajstić information content (AvgIpc) is 3.04. The maximum Gasteiger partial charge on any atom is 0.251 e. The maximum atomic E-state index is 13.1. The topological polar surface area (TPSA) is 34.0 Å². The van der Waals surface area contributed by atoms with Crippen molar-refractivity contribution in [2.24, 2.45) is 0 Å². The lowest BCUT2D eigenvalue weighted by Gasteiger charge is -2.28. The SMILES string of the molecule is O=C(NC1CCC(F)(F)CC1)c1ccc(-n2cccc2)cc1. The number of hydrogen-bond donors (Lipinski definition) is 1. The van der Waals surface area contributed by atoms with Crippen LogP contribution in [0.3, 0.4) is 0 Å². The number of benzene rings is 1. The molecule has 0 saturated heterocycles. The standard InChI is InChI=1S/C17H18F2N2O/c18-17(19)9-7-14(8-10-17)20-16(22)13-3-5-15(6-4-13)21-11-1-2-12-21/h1-6,11-12,14H,7-10H2,(H,20,22). The summed E-state index contributed by atoms with van der Waals surface area (Å²) in [5.74, 6) is -2.77. The molecule has 1 heterocycles. The Hall–Kier alpha value is -2.17. The summed E-state index contributed by atoms with van der Waals surface area (Å²) in [6.45, 7) is 0. The molecule has 3 rings (SSSR count). The van der Waals surface area contributed by atoms with E-state index in [1.54, 1.807) is 12.1 Å². The van der Waals surface area contributed by atoms with Gasteiger partial charge in [0.2, 0.25) is 5.92 Å². The molecule has 1 aromatic carbocycles. The lowest BCUT2D eigenvalue weighted by molar-refractivity contribution is -0.0399. The molecule has 2 aromatic rings. The molecule has 0 unspecified atom stereocenters. The fourth-order valence-electron chi connectivity index (χ4n) is 2.74. The molecule has 1 N–H and O–H groups in total. The van der Waals surface area contributed by atoms with E-state index in [0.29, 0.717) is 18.4 Å². The van der Waals surface area contributed by atoms with Gasteiger partial charge in [0.15, 0.2) is 0 Å². The van der Waals surface area contributed by atoms with Crippen molar-refractivity contribution in [2.45, 2.75) is 37.6 Å². The van der Waals surface area contributed by atoms with Gasteiger partial charge >= 0.3 is 0 Å². The largest absolute Gasteiger partial charge is 0.349 e. The van der Waals surface area contributed by atoms with Crippen molar-refractivity contribution in [1.82, 2.24) is 9.88 Å². The Bertz CT molecular complexity index is 625. The molecule has 1 amide bonds. The van der Waals surface area contributed by atoms with E-state index in [0.717, 1.165) is 5.69 Å². The first-order valence-electron chi connectivity index (χ1n) is 7.46. The first kappa shape index (κ1) is 14.8. The van der Waals surface area contributed by atoms with Crippen LogP contribution in [0, 0.1) is 0 Å². The summed E-state index contributed by atoms with van der Waals surface area (Å²) in [5.41, 5.74) is 1.52. The highest BCUT2D eigenvalue weighted by Gasteiger charge is 2.35. The van der Waals surface area contributed by atoms with Crippen LogP contribution in [0.5, 0.6) is 0 Å². The molecule has 116 valence electrons. The molecule has 1 aliphatic carbocycles. The lowest BCUT2D eigenvalue weighted by atomic mass is 9.92. The number of rotatable bonds is 3. The van der Waals surface area contributed by atoms with Crippen molar-refractivity contribution in [3.05, 3.63) is 54.4 Å². The van der Waals surface area contributed by atoms with Crippen LogP contribution in [-0.4, -0.2) is 22.4 Å². The minimum atomic E-state index is -2.57. The molecule has 22 heavy (non-hydrogen) atoms. The maximum absolute atomic E-state index is 13.1. The zero-order valence-electron chi connectivity index (χ0n) is 12.1. The van der Waals surface area contributed by atoms with E-state index < -0.39 is 5.92 Å². The van der Waals surface area contributed by atoms with Gasteiger partial charge in [-0.25, -0.2) is 8.78 Å². The number of aromatic nitrogens is 1.